The fourth-order valence-corrected chi connectivity index (χ4v) is 3.49. The summed E-state index contributed by atoms with van der Waals surface area (Å²) in [5.74, 6) is -1.18. The normalized spacial score (nSPS) is 17.5. The second-order valence-electron chi connectivity index (χ2n) is 6.34. The minimum absolute atomic E-state index is 0.0181. The maximum atomic E-state index is 14.9. The summed E-state index contributed by atoms with van der Waals surface area (Å²) in [5, 5.41) is 0. The molecule has 9 heteroatoms. The van der Waals surface area contributed by atoms with E-state index in [4.69, 9.17) is 4.74 Å². The van der Waals surface area contributed by atoms with E-state index in [1.807, 2.05) is 22.6 Å². The van der Waals surface area contributed by atoms with Gasteiger partial charge < -0.3 is 4.74 Å². The predicted molar refractivity (Wildman–Crippen MR) is 108 cm³/mol. The molecule has 4 rings (SSSR count). The van der Waals surface area contributed by atoms with E-state index < -0.39 is 46.7 Å². The maximum Gasteiger partial charge on any atom is 0.269 e. The van der Waals surface area contributed by atoms with Crippen LogP contribution in [0.5, 0.6) is 5.75 Å². The topological polar surface area (TPSA) is 66.9 Å². The molecule has 1 atom stereocenters. The molecule has 3 amide bonds. The zero-order chi connectivity index (χ0) is 20.9. The molecule has 0 saturated heterocycles. The standard InChI is InChI=1S/C20H11F2IN2O4/c1-10-18(26)24(7-3-6-23)15-9-14(13(22)8-16(15)29-10)25-19(27)11-4-2-5-12(21)17(11)20(25)28/h2,4-5,8-10H,7H2,1H3. The Morgan fingerprint density at radius 1 is 1.10 bits per heavy atom. The minimum Gasteiger partial charge on any atom is -0.479 e. The quantitative estimate of drug-likeness (QED) is 0.355. The van der Waals surface area contributed by atoms with Gasteiger partial charge in [-0.25, -0.2) is 13.7 Å². The van der Waals surface area contributed by atoms with Gasteiger partial charge in [-0.1, -0.05) is 12.0 Å². The maximum absolute atomic E-state index is 14.9. The zero-order valence-electron chi connectivity index (χ0n) is 14.8. The van der Waals surface area contributed by atoms with Crippen LogP contribution in [0.2, 0.25) is 0 Å². The Labute approximate surface area is 177 Å². The lowest BCUT2D eigenvalue weighted by atomic mass is 10.1. The number of anilines is 2. The Balaban J connectivity index is 1.85. The van der Waals surface area contributed by atoms with Gasteiger partial charge in [0.25, 0.3) is 17.7 Å². The Hall–Kier alpha value is -3.00. The molecule has 6 nitrogen and oxygen atoms in total. The lowest BCUT2D eigenvalue weighted by Crippen LogP contribution is -2.45. The average molecular weight is 508 g/mol. The summed E-state index contributed by atoms with van der Waals surface area (Å²) < 4.78 is 37.0. The Morgan fingerprint density at radius 3 is 2.55 bits per heavy atom. The molecule has 0 spiro atoms. The highest BCUT2D eigenvalue weighted by Crippen LogP contribution is 2.41. The van der Waals surface area contributed by atoms with Gasteiger partial charge in [0.2, 0.25) is 0 Å². The molecule has 0 bridgehead atoms. The monoisotopic (exact) mass is 508 g/mol. The van der Waals surface area contributed by atoms with E-state index in [2.05, 4.69) is 9.85 Å². The first-order chi connectivity index (χ1) is 13.8. The van der Waals surface area contributed by atoms with Crippen LogP contribution in [0, 0.1) is 21.5 Å². The molecular weight excluding hydrogens is 497 g/mol. The zero-order valence-corrected chi connectivity index (χ0v) is 17.0. The third-order valence-corrected chi connectivity index (χ3v) is 5.03. The van der Waals surface area contributed by atoms with Crippen molar-refractivity contribution in [2.45, 2.75) is 13.0 Å². The van der Waals surface area contributed by atoms with Crippen LogP contribution in [-0.4, -0.2) is 30.4 Å². The number of halogens is 3. The molecule has 2 aliphatic heterocycles. The fourth-order valence-electron chi connectivity index (χ4n) is 3.32. The molecule has 2 heterocycles. The second kappa shape index (κ2) is 7.11. The number of nitrogens with zero attached hydrogens (tertiary/aromatic N) is 2. The molecule has 2 aliphatic rings. The number of hydrogen-bond acceptors (Lipinski definition) is 4. The molecule has 0 N–H and O–H groups in total. The lowest BCUT2D eigenvalue weighted by molar-refractivity contribution is -0.125. The first-order valence-corrected chi connectivity index (χ1v) is 9.50. The van der Waals surface area contributed by atoms with E-state index in [1.54, 1.807) is 0 Å². The van der Waals surface area contributed by atoms with E-state index in [-0.39, 0.29) is 23.5 Å². The van der Waals surface area contributed by atoms with Crippen LogP contribution in [0.4, 0.5) is 20.2 Å². The summed E-state index contributed by atoms with van der Waals surface area (Å²) in [6.07, 6.45) is -0.850. The number of carbonyl (C=O) groups excluding carboxylic acids is 3. The van der Waals surface area contributed by atoms with Gasteiger partial charge >= 0.3 is 0 Å². The molecule has 146 valence electrons. The van der Waals surface area contributed by atoms with Gasteiger partial charge in [0, 0.05) is 28.7 Å². The van der Waals surface area contributed by atoms with Crippen LogP contribution in [0.15, 0.2) is 30.3 Å². The van der Waals surface area contributed by atoms with Crippen molar-refractivity contribution in [2.24, 2.45) is 0 Å². The fraction of sp³-hybridized carbons (Fsp3) is 0.150. The lowest BCUT2D eigenvalue weighted by Gasteiger charge is -2.32. The van der Waals surface area contributed by atoms with Crippen molar-refractivity contribution < 1.29 is 27.9 Å². The van der Waals surface area contributed by atoms with E-state index >= 15 is 0 Å². The summed E-state index contributed by atoms with van der Waals surface area (Å²) in [4.78, 5) is 39.7. The van der Waals surface area contributed by atoms with Crippen molar-refractivity contribution in [1.82, 2.24) is 0 Å². The summed E-state index contributed by atoms with van der Waals surface area (Å²) >= 11 is 1.82. The number of fused-ring (bicyclic) bond motifs is 2. The molecular formula is C20H11F2IN2O4. The van der Waals surface area contributed by atoms with E-state index in [0.29, 0.717) is 4.90 Å². The molecule has 1 unspecified atom stereocenters. The molecule has 0 saturated carbocycles. The molecule has 0 aliphatic carbocycles. The average Bonchev–Trinajstić information content (AvgIpc) is 2.94. The number of carbonyl (C=O) groups is 3. The number of benzene rings is 2. The number of hydrogen-bond donors (Lipinski definition) is 0. The Morgan fingerprint density at radius 2 is 1.86 bits per heavy atom. The second-order valence-corrected chi connectivity index (χ2v) is 6.87. The predicted octanol–water partition coefficient (Wildman–Crippen LogP) is 3.28. The van der Waals surface area contributed by atoms with Gasteiger partial charge in [-0.15, -0.1) is 0 Å². The number of rotatable bonds is 2. The summed E-state index contributed by atoms with van der Waals surface area (Å²) in [5.41, 5.74) is -0.794. The summed E-state index contributed by atoms with van der Waals surface area (Å²) in [7, 11) is 0. The summed E-state index contributed by atoms with van der Waals surface area (Å²) in [6.45, 7) is 1.54. The van der Waals surface area contributed by atoms with E-state index in [0.717, 1.165) is 12.1 Å². The smallest absolute Gasteiger partial charge is 0.269 e. The molecule has 0 radical (unpaired) electrons. The SMILES string of the molecule is CC1Oc2cc(F)c(N3C(=O)c4cccc(F)c4C3=O)cc2N(CC#CI)C1=O. The van der Waals surface area contributed by atoms with Crippen molar-refractivity contribution in [3.8, 4) is 15.6 Å². The van der Waals surface area contributed by atoms with Crippen molar-refractivity contribution in [3.05, 3.63) is 53.1 Å². The third-order valence-electron chi connectivity index (χ3n) is 4.65. The van der Waals surface area contributed by atoms with Gasteiger partial charge in [0.15, 0.2) is 11.9 Å². The van der Waals surface area contributed by atoms with Crippen molar-refractivity contribution in [3.63, 3.8) is 0 Å². The first kappa shape index (κ1) is 19.3. The van der Waals surface area contributed by atoms with Crippen LogP contribution in [0.1, 0.15) is 27.6 Å². The Kier molecular flexibility index (Phi) is 4.74. The van der Waals surface area contributed by atoms with Crippen LogP contribution in [0.3, 0.4) is 0 Å². The Bertz CT molecular complexity index is 1160. The molecule has 0 fully saturated rings. The van der Waals surface area contributed by atoms with Crippen LogP contribution in [-0.2, 0) is 4.79 Å². The molecule has 0 aromatic heterocycles. The van der Waals surface area contributed by atoms with Gasteiger partial charge in [0.05, 0.1) is 29.0 Å². The highest BCUT2D eigenvalue weighted by Gasteiger charge is 2.41. The van der Waals surface area contributed by atoms with Crippen molar-refractivity contribution >= 4 is 51.7 Å². The van der Waals surface area contributed by atoms with Gasteiger partial charge in [0.1, 0.15) is 11.6 Å². The van der Waals surface area contributed by atoms with Crippen molar-refractivity contribution in [1.29, 1.82) is 0 Å². The number of ether oxygens (including phenoxy) is 1. The number of imide groups is 1. The largest absolute Gasteiger partial charge is 0.479 e. The number of amides is 3. The van der Waals surface area contributed by atoms with Crippen LogP contribution >= 0.6 is 22.6 Å². The van der Waals surface area contributed by atoms with E-state index in [9.17, 15) is 23.2 Å². The van der Waals surface area contributed by atoms with Gasteiger partial charge in [-0.3, -0.25) is 19.3 Å². The van der Waals surface area contributed by atoms with Gasteiger partial charge in [-0.2, -0.15) is 0 Å². The summed E-state index contributed by atoms with van der Waals surface area (Å²) in [6, 6.07) is 5.81. The minimum atomic E-state index is -0.975. The third kappa shape index (κ3) is 2.95. The van der Waals surface area contributed by atoms with Crippen molar-refractivity contribution in [2.75, 3.05) is 16.3 Å². The molecule has 29 heavy (non-hydrogen) atoms. The molecule has 2 aromatic carbocycles. The highest BCUT2D eigenvalue weighted by atomic mass is 127. The first-order valence-electron chi connectivity index (χ1n) is 8.42. The highest BCUT2D eigenvalue weighted by molar-refractivity contribution is 14.1. The van der Waals surface area contributed by atoms with E-state index in [1.165, 1.54) is 30.0 Å². The van der Waals surface area contributed by atoms with Crippen LogP contribution < -0.4 is 14.5 Å². The van der Waals surface area contributed by atoms with Crippen LogP contribution in [0.25, 0.3) is 0 Å². The van der Waals surface area contributed by atoms with Gasteiger partial charge in [-0.05, 0) is 29.1 Å². The molecule has 2 aromatic rings.